The second-order valence-corrected chi connectivity index (χ2v) is 5.25. The minimum Gasteiger partial charge on any atom is -0.361 e. The van der Waals surface area contributed by atoms with Crippen LogP contribution in [-0.4, -0.2) is 36.0 Å². The van der Waals surface area contributed by atoms with Gasteiger partial charge in [0.1, 0.15) is 5.76 Å². The summed E-state index contributed by atoms with van der Waals surface area (Å²) in [6.07, 6.45) is 0.180. The van der Waals surface area contributed by atoms with E-state index in [1.807, 2.05) is 30.3 Å². The van der Waals surface area contributed by atoms with E-state index in [1.54, 1.807) is 27.1 Å². The van der Waals surface area contributed by atoms with Gasteiger partial charge in [-0.1, -0.05) is 35.5 Å². The molecule has 0 fully saturated rings. The molecule has 1 heterocycles. The van der Waals surface area contributed by atoms with E-state index in [0.717, 1.165) is 5.56 Å². The highest BCUT2D eigenvalue weighted by molar-refractivity contribution is 5.92. The van der Waals surface area contributed by atoms with Gasteiger partial charge in [0.05, 0.1) is 12.5 Å². The Bertz CT molecular complexity index is 650. The number of rotatable bonds is 5. The average molecular weight is 301 g/mol. The number of hydrogen-bond acceptors (Lipinski definition) is 4. The number of carbonyl (C=O) groups excluding carboxylic acids is 2. The largest absolute Gasteiger partial charge is 0.361 e. The molecule has 0 saturated heterocycles. The zero-order valence-electron chi connectivity index (χ0n) is 12.9. The van der Waals surface area contributed by atoms with E-state index in [4.69, 9.17) is 4.52 Å². The zero-order valence-corrected chi connectivity index (χ0v) is 12.9. The van der Waals surface area contributed by atoms with Crippen molar-refractivity contribution in [1.29, 1.82) is 0 Å². The van der Waals surface area contributed by atoms with Gasteiger partial charge in [-0.3, -0.25) is 9.59 Å². The third-order valence-corrected chi connectivity index (χ3v) is 3.25. The Morgan fingerprint density at radius 3 is 2.50 bits per heavy atom. The van der Waals surface area contributed by atoms with Crippen LogP contribution in [0.25, 0.3) is 0 Å². The van der Waals surface area contributed by atoms with Gasteiger partial charge in [0, 0.05) is 20.2 Å². The lowest BCUT2D eigenvalue weighted by Gasteiger charge is -2.20. The first-order valence-electron chi connectivity index (χ1n) is 6.96. The monoisotopic (exact) mass is 301 g/mol. The lowest BCUT2D eigenvalue weighted by atomic mass is 10.0. The van der Waals surface area contributed by atoms with Crippen molar-refractivity contribution in [2.45, 2.75) is 19.4 Å². The molecule has 1 aromatic carbocycles. The Morgan fingerprint density at radius 2 is 1.95 bits per heavy atom. The molecular weight excluding hydrogens is 282 g/mol. The Labute approximate surface area is 129 Å². The average Bonchev–Trinajstić information content (AvgIpc) is 2.94. The first-order chi connectivity index (χ1) is 10.5. The smallest absolute Gasteiger partial charge is 0.273 e. The van der Waals surface area contributed by atoms with Gasteiger partial charge in [0.15, 0.2) is 5.69 Å². The number of amides is 2. The van der Waals surface area contributed by atoms with Crippen molar-refractivity contribution in [3.8, 4) is 0 Å². The summed E-state index contributed by atoms with van der Waals surface area (Å²) in [5, 5.41) is 6.53. The van der Waals surface area contributed by atoms with E-state index in [-0.39, 0.29) is 23.9 Å². The van der Waals surface area contributed by atoms with Crippen LogP contribution in [0.15, 0.2) is 40.9 Å². The van der Waals surface area contributed by atoms with E-state index in [0.29, 0.717) is 5.76 Å². The van der Waals surface area contributed by atoms with Gasteiger partial charge >= 0.3 is 0 Å². The second kappa shape index (κ2) is 6.89. The first-order valence-corrected chi connectivity index (χ1v) is 6.96. The summed E-state index contributed by atoms with van der Waals surface area (Å²) >= 11 is 0. The quantitative estimate of drug-likeness (QED) is 0.915. The van der Waals surface area contributed by atoms with Crippen LogP contribution in [-0.2, 0) is 4.79 Å². The molecule has 0 aliphatic rings. The second-order valence-electron chi connectivity index (χ2n) is 5.25. The lowest BCUT2D eigenvalue weighted by molar-refractivity contribution is -0.129. The van der Waals surface area contributed by atoms with E-state index in [1.165, 1.54) is 4.90 Å². The topological polar surface area (TPSA) is 75.4 Å². The predicted octanol–water partition coefficient (Wildman–Crippen LogP) is 1.93. The highest BCUT2D eigenvalue weighted by atomic mass is 16.5. The minimum absolute atomic E-state index is 0.0644. The van der Waals surface area contributed by atoms with Crippen molar-refractivity contribution in [2.75, 3.05) is 14.1 Å². The van der Waals surface area contributed by atoms with Crippen molar-refractivity contribution >= 4 is 11.8 Å². The Balaban J connectivity index is 2.17. The first kappa shape index (κ1) is 15.8. The van der Waals surface area contributed by atoms with Crippen LogP contribution in [0, 0.1) is 6.92 Å². The van der Waals surface area contributed by atoms with Crippen LogP contribution >= 0.6 is 0 Å². The fourth-order valence-electron chi connectivity index (χ4n) is 2.00. The molecule has 0 aliphatic carbocycles. The van der Waals surface area contributed by atoms with Crippen LogP contribution < -0.4 is 5.32 Å². The van der Waals surface area contributed by atoms with Crippen molar-refractivity contribution in [2.24, 2.45) is 0 Å². The van der Waals surface area contributed by atoms with Gasteiger partial charge in [0.25, 0.3) is 5.91 Å². The molecule has 1 aromatic heterocycles. The zero-order chi connectivity index (χ0) is 16.1. The highest BCUT2D eigenvalue weighted by Gasteiger charge is 2.21. The number of aryl methyl sites for hydroxylation is 1. The summed E-state index contributed by atoms with van der Waals surface area (Å²) in [6.45, 7) is 1.72. The summed E-state index contributed by atoms with van der Waals surface area (Å²) in [5.74, 6) is 0.133. The summed E-state index contributed by atoms with van der Waals surface area (Å²) in [6, 6.07) is 10.5. The molecule has 2 rings (SSSR count). The fourth-order valence-corrected chi connectivity index (χ4v) is 2.00. The molecule has 22 heavy (non-hydrogen) atoms. The molecular formula is C16H19N3O3. The van der Waals surface area contributed by atoms with Gasteiger partial charge in [-0.2, -0.15) is 0 Å². The maximum Gasteiger partial charge on any atom is 0.273 e. The van der Waals surface area contributed by atoms with Crippen LogP contribution in [0.5, 0.6) is 0 Å². The normalized spacial score (nSPS) is 11.8. The lowest BCUT2D eigenvalue weighted by Crippen LogP contribution is -2.33. The number of aromatic nitrogens is 1. The molecule has 0 aliphatic heterocycles. The number of nitrogens with one attached hydrogen (secondary N) is 1. The Kier molecular flexibility index (Phi) is 4.93. The molecule has 2 amide bonds. The standard InChI is InChI=1S/C16H19N3O3/c1-11-9-14(18-22-11)16(21)17-13(10-15(20)19(2)3)12-7-5-4-6-8-12/h4-9,13H,10H2,1-3H3,(H,17,21). The van der Waals surface area contributed by atoms with Crippen LogP contribution in [0.1, 0.15) is 34.3 Å². The molecule has 1 N–H and O–H groups in total. The number of carbonyl (C=O) groups is 2. The summed E-state index contributed by atoms with van der Waals surface area (Å²) in [5.41, 5.74) is 1.07. The van der Waals surface area contributed by atoms with Gasteiger partial charge < -0.3 is 14.7 Å². The molecule has 1 unspecified atom stereocenters. The molecule has 0 radical (unpaired) electrons. The molecule has 2 aromatic rings. The summed E-state index contributed by atoms with van der Waals surface area (Å²) in [4.78, 5) is 25.7. The number of nitrogens with zero attached hydrogens (tertiary/aromatic N) is 2. The molecule has 1 atom stereocenters. The number of hydrogen-bond donors (Lipinski definition) is 1. The van der Waals surface area contributed by atoms with Gasteiger partial charge in [-0.05, 0) is 12.5 Å². The molecule has 0 bridgehead atoms. The van der Waals surface area contributed by atoms with Crippen molar-refractivity contribution in [3.05, 3.63) is 53.4 Å². The molecule has 6 heteroatoms. The van der Waals surface area contributed by atoms with E-state index in [2.05, 4.69) is 10.5 Å². The molecule has 0 saturated carbocycles. The van der Waals surface area contributed by atoms with Gasteiger partial charge in [0.2, 0.25) is 5.91 Å². The Morgan fingerprint density at radius 1 is 1.27 bits per heavy atom. The van der Waals surface area contributed by atoms with Crippen LogP contribution in [0.3, 0.4) is 0 Å². The van der Waals surface area contributed by atoms with Gasteiger partial charge in [-0.15, -0.1) is 0 Å². The summed E-state index contributed by atoms with van der Waals surface area (Å²) in [7, 11) is 3.38. The van der Waals surface area contributed by atoms with E-state index < -0.39 is 6.04 Å². The Hall–Kier alpha value is -2.63. The van der Waals surface area contributed by atoms with Crippen LogP contribution in [0.2, 0.25) is 0 Å². The third-order valence-electron chi connectivity index (χ3n) is 3.25. The maximum atomic E-state index is 12.2. The molecule has 0 spiro atoms. The van der Waals surface area contributed by atoms with E-state index >= 15 is 0 Å². The third kappa shape index (κ3) is 3.94. The maximum absolute atomic E-state index is 12.2. The van der Waals surface area contributed by atoms with E-state index in [9.17, 15) is 9.59 Å². The van der Waals surface area contributed by atoms with Crippen molar-refractivity contribution in [3.63, 3.8) is 0 Å². The molecule has 6 nitrogen and oxygen atoms in total. The fraction of sp³-hybridized carbons (Fsp3) is 0.312. The number of benzene rings is 1. The highest BCUT2D eigenvalue weighted by Crippen LogP contribution is 2.18. The van der Waals surface area contributed by atoms with Crippen molar-refractivity contribution in [1.82, 2.24) is 15.4 Å². The van der Waals surface area contributed by atoms with Crippen molar-refractivity contribution < 1.29 is 14.1 Å². The molecule has 116 valence electrons. The predicted molar refractivity (Wildman–Crippen MR) is 81.2 cm³/mol. The van der Waals surface area contributed by atoms with Crippen LogP contribution in [0.4, 0.5) is 0 Å². The summed E-state index contributed by atoms with van der Waals surface area (Å²) < 4.78 is 4.91. The minimum atomic E-state index is -0.416. The SMILES string of the molecule is Cc1cc(C(=O)NC(CC(=O)N(C)C)c2ccccc2)no1. The van der Waals surface area contributed by atoms with Gasteiger partial charge in [-0.25, -0.2) is 0 Å².